The van der Waals surface area contributed by atoms with Gasteiger partial charge >= 0.3 is 0 Å². The number of piperidine rings is 1. The van der Waals surface area contributed by atoms with Crippen LogP contribution in [0, 0.1) is 5.92 Å². The second kappa shape index (κ2) is 9.84. The second-order valence-electron chi connectivity index (χ2n) is 10.7. The van der Waals surface area contributed by atoms with Gasteiger partial charge in [0.05, 0.1) is 0 Å². The van der Waals surface area contributed by atoms with Crippen molar-refractivity contribution >= 4 is 5.91 Å². The molecule has 36 heavy (non-hydrogen) atoms. The van der Waals surface area contributed by atoms with E-state index in [0.717, 1.165) is 45.4 Å². The van der Waals surface area contributed by atoms with E-state index >= 15 is 0 Å². The molecule has 0 radical (unpaired) electrons. The predicted octanol–water partition coefficient (Wildman–Crippen LogP) is 5.28. The van der Waals surface area contributed by atoms with Crippen molar-refractivity contribution in [2.75, 3.05) is 33.4 Å². The topological polar surface area (TPSA) is 32.8 Å². The quantitative estimate of drug-likeness (QED) is 0.376. The van der Waals surface area contributed by atoms with E-state index in [1.54, 1.807) is 7.11 Å². The highest BCUT2D eigenvalue weighted by molar-refractivity contribution is 5.78. The van der Waals surface area contributed by atoms with Crippen LogP contribution in [0.5, 0.6) is 0 Å². The maximum atomic E-state index is 12.7. The highest BCUT2D eigenvalue weighted by atomic mass is 16.5. The first kappa shape index (κ1) is 23.4. The molecule has 3 aliphatic rings. The van der Waals surface area contributed by atoms with E-state index in [-0.39, 0.29) is 12.5 Å². The van der Waals surface area contributed by atoms with Crippen LogP contribution in [-0.2, 0) is 28.9 Å². The van der Waals surface area contributed by atoms with Crippen molar-refractivity contribution in [1.82, 2.24) is 9.80 Å². The lowest BCUT2D eigenvalue weighted by Gasteiger charge is -2.39. The van der Waals surface area contributed by atoms with Gasteiger partial charge in [-0.15, -0.1) is 0 Å². The molecule has 2 heterocycles. The number of benzene rings is 3. The number of hydrogen-bond acceptors (Lipinski definition) is 3. The van der Waals surface area contributed by atoms with Gasteiger partial charge in [-0.2, -0.15) is 0 Å². The van der Waals surface area contributed by atoms with Crippen LogP contribution in [0.2, 0.25) is 0 Å². The molecule has 4 heteroatoms. The molecule has 4 nitrogen and oxygen atoms in total. The van der Waals surface area contributed by atoms with Crippen molar-refractivity contribution in [1.29, 1.82) is 0 Å². The van der Waals surface area contributed by atoms with Gasteiger partial charge in [-0.3, -0.25) is 9.69 Å². The summed E-state index contributed by atoms with van der Waals surface area (Å²) in [5.41, 5.74) is 9.88. The fraction of sp³-hybridized carbons (Fsp3) is 0.406. The normalized spacial score (nSPS) is 22.8. The summed E-state index contributed by atoms with van der Waals surface area (Å²) in [6.07, 6.45) is 3.12. The lowest BCUT2D eigenvalue weighted by Crippen LogP contribution is -2.49. The van der Waals surface area contributed by atoms with E-state index in [0.29, 0.717) is 17.9 Å². The van der Waals surface area contributed by atoms with Crippen molar-refractivity contribution in [3.05, 3.63) is 94.5 Å². The number of rotatable bonds is 6. The zero-order chi connectivity index (χ0) is 24.6. The minimum absolute atomic E-state index is 0.118. The molecule has 2 aliphatic heterocycles. The fourth-order valence-electron chi connectivity index (χ4n) is 6.85. The first-order valence-corrected chi connectivity index (χ1v) is 13.4. The fourth-order valence-corrected chi connectivity index (χ4v) is 6.85. The number of carbonyl (C=O) groups is 1. The first-order chi connectivity index (χ1) is 17.6. The monoisotopic (exact) mass is 480 g/mol. The summed E-state index contributed by atoms with van der Waals surface area (Å²) in [6.45, 7) is 6.04. The molecule has 0 N–H and O–H groups in total. The van der Waals surface area contributed by atoms with Gasteiger partial charge in [0.1, 0.15) is 6.61 Å². The van der Waals surface area contributed by atoms with E-state index in [1.807, 2.05) is 4.90 Å². The predicted molar refractivity (Wildman–Crippen MR) is 144 cm³/mol. The lowest BCUT2D eigenvalue weighted by molar-refractivity contribution is -0.137. The molecule has 2 saturated heterocycles. The molecule has 0 aromatic heterocycles. The number of likely N-dealkylation sites (tertiary alicyclic amines) is 2. The van der Waals surface area contributed by atoms with Crippen molar-refractivity contribution in [3.63, 3.8) is 0 Å². The number of nitrogens with zero attached hydrogens (tertiary/aromatic N) is 2. The van der Waals surface area contributed by atoms with Gasteiger partial charge in [-0.25, -0.2) is 0 Å². The van der Waals surface area contributed by atoms with E-state index < -0.39 is 0 Å². The lowest BCUT2D eigenvalue weighted by atomic mass is 9.81. The van der Waals surface area contributed by atoms with Crippen molar-refractivity contribution < 1.29 is 9.53 Å². The van der Waals surface area contributed by atoms with E-state index in [1.165, 1.54) is 38.9 Å². The first-order valence-electron chi connectivity index (χ1n) is 13.4. The molecular weight excluding hydrogens is 444 g/mol. The van der Waals surface area contributed by atoms with Crippen LogP contribution in [-0.4, -0.2) is 55.1 Å². The molecular formula is C32H36N2O2. The Morgan fingerprint density at radius 1 is 0.944 bits per heavy atom. The minimum Gasteiger partial charge on any atom is -0.375 e. The van der Waals surface area contributed by atoms with Gasteiger partial charge in [0.2, 0.25) is 5.91 Å². The smallest absolute Gasteiger partial charge is 0.248 e. The Labute approximate surface area is 214 Å². The summed E-state index contributed by atoms with van der Waals surface area (Å²) >= 11 is 0. The summed E-state index contributed by atoms with van der Waals surface area (Å²) < 4.78 is 5.16. The van der Waals surface area contributed by atoms with Crippen LogP contribution >= 0.6 is 0 Å². The SMILES string of the molecule is CCc1ccc([C@H]2CN(Cc3ccc4c(c3)Cc3ccccc3-4)[C@@H]3CCN(C(=O)COC)C[C@H]23)cc1. The highest BCUT2D eigenvalue weighted by Crippen LogP contribution is 2.43. The van der Waals surface area contributed by atoms with Crippen LogP contribution in [0.3, 0.4) is 0 Å². The zero-order valence-electron chi connectivity index (χ0n) is 21.5. The summed E-state index contributed by atoms with van der Waals surface area (Å²) in [5.74, 6) is 1.01. The number of ether oxygens (including phenoxy) is 1. The maximum absolute atomic E-state index is 12.7. The Morgan fingerprint density at radius 2 is 1.72 bits per heavy atom. The maximum Gasteiger partial charge on any atom is 0.248 e. The Morgan fingerprint density at radius 3 is 2.53 bits per heavy atom. The van der Waals surface area contributed by atoms with Gasteiger partial charge in [0.15, 0.2) is 0 Å². The van der Waals surface area contributed by atoms with Crippen LogP contribution in [0.1, 0.15) is 47.1 Å². The summed E-state index contributed by atoms with van der Waals surface area (Å²) in [5, 5.41) is 0. The van der Waals surface area contributed by atoms with Crippen LogP contribution in [0.4, 0.5) is 0 Å². The number of fused-ring (bicyclic) bond motifs is 4. The molecule has 3 aromatic carbocycles. The molecule has 1 aliphatic carbocycles. The molecule has 0 unspecified atom stereocenters. The number of aryl methyl sites for hydroxylation is 1. The molecule has 3 aromatic rings. The van der Waals surface area contributed by atoms with Gasteiger partial charge in [-0.05, 0) is 58.2 Å². The Bertz CT molecular complexity index is 1250. The van der Waals surface area contributed by atoms with Crippen LogP contribution < -0.4 is 0 Å². The molecule has 1 amide bonds. The Kier molecular flexibility index (Phi) is 6.41. The molecule has 186 valence electrons. The second-order valence-corrected chi connectivity index (χ2v) is 10.7. The average molecular weight is 481 g/mol. The summed E-state index contributed by atoms with van der Waals surface area (Å²) in [7, 11) is 1.61. The molecule has 0 spiro atoms. The third-order valence-corrected chi connectivity index (χ3v) is 8.72. The number of hydrogen-bond donors (Lipinski definition) is 0. The van der Waals surface area contributed by atoms with Gasteiger partial charge in [-0.1, -0.05) is 73.7 Å². The van der Waals surface area contributed by atoms with E-state index in [9.17, 15) is 4.79 Å². The van der Waals surface area contributed by atoms with Gasteiger partial charge < -0.3 is 9.64 Å². The molecule has 3 atom stereocenters. The number of methoxy groups -OCH3 is 1. The van der Waals surface area contributed by atoms with Crippen molar-refractivity contribution in [2.45, 2.75) is 44.7 Å². The Balaban J connectivity index is 1.25. The molecule has 6 rings (SSSR count). The van der Waals surface area contributed by atoms with E-state index in [2.05, 4.69) is 78.6 Å². The van der Waals surface area contributed by atoms with Gasteiger partial charge in [0, 0.05) is 51.2 Å². The van der Waals surface area contributed by atoms with Crippen molar-refractivity contribution in [2.24, 2.45) is 5.92 Å². The van der Waals surface area contributed by atoms with Crippen LogP contribution in [0.25, 0.3) is 11.1 Å². The Hall–Kier alpha value is -2.95. The van der Waals surface area contributed by atoms with Crippen LogP contribution in [0.15, 0.2) is 66.7 Å². The number of carbonyl (C=O) groups excluding carboxylic acids is 1. The number of amides is 1. The minimum atomic E-state index is 0.118. The zero-order valence-corrected chi connectivity index (χ0v) is 21.5. The third-order valence-electron chi connectivity index (χ3n) is 8.72. The molecule has 0 bridgehead atoms. The largest absolute Gasteiger partial charge is 0.375 e. The highest BCUT2D eigenvalue weighted by Gasteiger charge is 2.45. The standard InChI is InChI=1S/C32H36N2O2/c1-3-22-8-11-24(12-9-22)29-19-34(31-14-15-33(20-30(29)31)32(35)21-36-2)18-23-10-13-28-26(16-23)17-25-6-4-5-7-27(25)28/h4-13,16,29-31H,3,14-15,17-21H2,1-2H3/t29-,30-,31-/m1/s1. The molecule has 0 saturated carbocycles. The summed E-state index contributed by atoms with van der Waals surface area (Å²) in [4.78, 5) is 17.4. The molecule has 2 fully saturated rings. The van der Waals surface area contributed by atoms with E-state index in [4.69, 9.17) is 4.74 Å². The third kappa shape index (κ3) is 4.27. The van der Waals surface area contributed by atoms with Crippen molar-refractivity contribution in [3.8, 4) is 11.1 Å². The summed E-state index contributed by atoms with van der Waals surface area (Å²) in [6, 6.07) is 25.6. The van der Waals surface area contributed by atoms with Gasteiger partial charge in [0.25, 0.3) is 0 Å². The average Bonchev–Trinajstić information content (AvgIpc) is 3.46.